The van der Waals surface area contributed by atoms with E-state index < -0.39 is 5.41 Å². The molecule has 0 bridgehead atoms. The third-order valence-corrected chi connectivity index (χ3v) is 2.84. The molecule has 0 heterocycles. The van der Waals surface area contributed by atoms with Crippen LogP contribution in [0.1, 0.15) is 26.7 Å². The molecule has 0 aliphatic rings. The van der Waals surface area contributed by atoms with E-state index >= 15 is 0 Å². The van der Waals surface area contributed by atoms with Crippen molar-refractivity contribution in [2.24, 2.45) is 5.41 Å². The summed E-state index contributed by atoms with van der Waals surface area (Å²) in [5, 5.41) is 18.0. The maximum absolute atomic E-state index is 12.2. The minimum Gasteiger partial charge on any atom is -0.395 e. The first kappa shape index (κ1) is 14.7. The van der Waals surface area contributed by atoms with Gasteiger partial charge < -0.3 is 10.0 Å². The van der Waals surface area contributed by atoms with Crippen LogP contribution < -0.4 is 0 Å². The van der Waals surface area contributed by atoms with Crippen molar-refractivity contribution in [3.63, 3.8) is 0 Å². The van der Waals surface area contributed by atoms with E-state index in [-0.39, 0.29) is 19.1 Å². The Bertz CT molecular complexity index is 277. The molecule has 0 saturated carbocycles. The summed E-state index contributed by atoms with van der Waals surface area (Å²) in [4.78, 5) is 13.7. The lowest BCUT2D eigenvalue weighted by Crippen LogP contribution is -2.44. The molecular formula is C12H20N2O2. The lowest BCUT2D eigenvalue weighted by molar-refractivity contribution is -0.139. The van der Waals surface area contributed by atoms with Crippen LogP contribution in [0.5, 0.6) is 0 Å². The number of nitriles is 1. The number of aliphatic hydroxyl groups is 1. The number of carbonyl (C=O) groups excluding carboxylic acids is 1. The van der Waals surface area contributed by atoms with Crippen molar-refractivity contribution in [1.82, 2.24) is 4.90 Å². The standard InChI is InChI=1S/C12H20N2O2/c1-4-7-14(8-9-15)11(16)12(5-2,6-3)10-13/h4,15H,1,5-9H2,2-3H3. The van der Waals surface area contributed by atoms with E-state index in [1.165, 1.54) is 4.90 Å². The van der Waals surface area contributed by atoms with Gasteiger partial charge in [0.05, 0.1) is 12.7 Å². The zero-order chi connectivity index (χ0) is 12.6. The highest BCUT2D eigenvalue weighted by Crippen LogP contribution is 2.27. The van der Waals surface area contributed by atoms with Crippen molar-refractivity contribution in [2.75, 3.05) is 19.7 Å². The fraction of sp³-hybridized carbons (Fsp3) is 0.667. The summed E-state index contributed by atoms with van der Waals surface area (Å²) in [7, 11) is 0. The Morgan fingerprint density at radius 2 is 2.12 bits per heavy atom. The number of carbonyl (C=O) groups is 1. The highest BCUT2D eigenvalue weighted by atomic mass is 16.3. The molecule has 0 aromatic carbocycles. The predicted molar refractivity (Wildman–Crippen MR) is 62.5 cm³/mol. The highest BCUT2D eigenvalue weighted by molar-refractivity contribution is 5.85. The van der Waals surface area contributed by atoms with Gasteiger partial charge in [0.2, 0.25) is 5.91 Å². The summed E-state index contributed by atoms with van der Waals surface area (Å²) in [5.41, 5.74) is -0.960. The van der Waals surface area contributed by atoms with Crippen molar-refractivity contribution in [2.45, 2.75) is 26.7 Å². The van der Waals surface area contributed by atoms with Gasteiger partial charge in [-0.1, -0.05) is 19.9 Å². The Morgan fingerprint density at radius 3 is 2.44 bits per heavy atom. The van der Waals surface area contributed by atoms with Gasteiger partial charge in [-0.05, 0) is 12.8 Å². The van der Waals surface area contributed by atoms with Crippen LogP contribution in [-0.2, 0) is 4.79 Å². The minimum absolute atomic E-state index is 0.103. The van der Waals surface area contributed by atoms with Crippen molar-refractivity contribution in [1.29, 1.82) is 5.26 Å². The van der Waals surface area contributed by atoms with E-state index in [1.807, 2.05) is 13.8 Å². The Labute approximate surface area is 97.2 Å². The second kappa shape index (κ2) is 7.02. The first-order valence-corrected chi connectivity index (χ1v) is 5.54. The number of nitrogens with zero attached hydrogens (tertiary/aromatic N) is 2. The molecule has 0 atom stereocenters. The summed E-state index contributed by atoms with van der Waals surface area (Å²) in [5.74, 6) is -0.214. The molecule has 1 N–H and O–H groups in total. The second-order valence-electron chi connectivity index (χ2n) is 3.66. The number of rotatable bonds is 7. The molecule has 1 amide bonds. The van der Waals surface area contributed by atoms with Crippen LogP contribution in [0.25, 0.3) is 0 Å². The lowest BCUT2D eigenvalue weighted by atomic mass is 9.82. The maximum Gasteiger partial charge on any atom is 0.243 e. The first-order chi connectivity index (χ1) is 7.61. The minimum atomic E-state index is -0.960. The van der Waals surface area contributed by atoms with E-state index in [4.69, 9.17) is 10.4 Å². The quantitative estimate of drug-likeness (QED) is 0.663. The maximum atomic E-state index is 12.2. The molecule has 90 valence electrons. The van der Waals surface area contributed by atoms with Gasteiger partial charge in [-0.3, -0.25) is 4.79 Å². The Balaban J connectivity index is 4.95. The molecule has 0 rings (SSSR count). The van der Waals surface area contributed by atoms with Gasteiger partial charge in [-0.25, -0.2) is 0 Å². The van der Waals surface area contributed by atoms with Crippen LogP contribution in [0.15, 0.2) is 12.7 Å². The molecule has 0 aliphatic carbocycles. The Morgan fingerprint density at radius 1 is 1.56 bits per heavy atom. The number of amides is 1. The monoisotopic (exact) mass is 224 g/mol. The summed E-state index contributed by atoms with van der Waals surface area (Å²) < 4.78 is 0. The molecule has 0 radical (unpaired) electrons. The average molecular weight is 224 g/mol. The predicted octanol–water partition coefficient (Wildman–Crippen LogP) is 1.32. The number of aliphatic hydroxyl groups excluding tert-OH is 1. The van der Waals surface area contributed by atoms with E-state index in [0.717, 1.165) is 0 Å². The topological polar surface area (TPSA) is 64.3 Å². The smallest absolute Gasteiger partial charge is 0.243 e. The molecule has 4 heteroatoms. The van der Waals surface area contributed by atoms with Crippen molar-refractivity contribution >= 4 is 5.91 Å². The molecule has 0 fully saturated rings. The van der Waals surface area contributed by atoms with Gasteiger partial charge in [0.1, 0.15) is 5.41 Å². The Kier molecular flexibility index (Phi) is 6.43. The van der Waals surface area contributed by atoms with Gasteiger partial charge >= 0.3 is 0 Å². The Hall–Kier alpha value is -1.34. The molecule has 0 unspecified atom stereocenters. The highest BCUT2D eigenvalue weighted by Gasteiger charge is 2.37. The molecule has 0 saturated heterocycles. The van der Waals surface area contributed by atoms with Crippen LogP contribution in [-0.4, -0.2) is 35.6 Å². The zero-order valence-electron chi connectivity index (χ0n) is 10.1. The lowest BCUT2D eigenvalue weighted by Gasteiger charge is -2.30. The van der Waals surface area contributed by atoms with E-state index in [1.54, 1.807) is 6.08 Å². The van der Waals surface area contributed by atoms with Gasteiger partial charge in [-0.2, -0.15) is 5.26 Å². The normalized spacial score (nSPS) is 10.6. The van der Waals surface area contributed by atoms with Gasteiger partial charge in [0.15, 0.2) is 0 Å². The third-order valence-electron chi connectivity index (χ3n) is 2.84. The van der Waals surface area contributed by atoms with Crippen molar-refractivity contribution in [3.05, 3.63) is 12.7 Å². The zero-order valence-corrected chi connectivity index (χ0v) is 10.1. The van der Waals surface area contributed by atoms with Crippen molar-refractivity contribution in [3.8, 4) is 6.07 Å². The molecule has 0 aromatic heterocycles. The summed E-state index contributed by atoms with van der Waals surface area (Å²) >= 11 is 0. The molecule has 0 aromatic rings. The fourth-order valence-electron chi connectivity index (χ4n) is 1.61. The molecule has 4 nitrogen and oxygen atoms in total. The summed E-state index contributed by atoms with van der Waals surface area (Å²) in [6.07, 6.45) is 2.57. The molecule has 0 spiro atoms. The van der Waals surface area contributed by atoms with Gasteiger partial charge in [-0.15, -0.1) is 6.58 Å². The third kappa shape index (κ3) is 3.07. The average Bonchev–Trinajstić information content (AvgIpc) is 2.31. The SMILES string of the molecule is C=CCN(CCO)C(=O)C(C#N)(CC)CC. The summed E-state index contributed by atoms with van der Waals surface area (Å²) in [6, 6.07) is 2.10. The van der Waals surface area contributed by atoms with Gasteiger partial charge in [0.25, 0.3) is 0 Å². The van der Waals surface area contributed by atoms with Crippen molar-refractivity contribution < 1.29 is 9.90 Å². The summed E-state index contributed by atoms with van der Waals surface area (Å²) in [6.45, 7) is 7.73. The van der Waals surface area contributed by atoms with E-state index in [9.17, 15) is 4.79 Å². The van der Waals surface area contributed by atoms with Crippen LogP contribution >= 0.6 is 0 Å². The molecule has 16 heavy (non-hydrogen) atoms. The fourth-order valence-corrected chi connectivity index (χ4v) is 1.61. The van der Waals surface area contributed by atoms with E-state index in [2.05, 4.69) is 12.6 Å². The number of hydrogen-bond donors (Lipinski definition) is 1. The number of hydrogen-bond acceptors (Lipinski definition) is 3. The largest absolute Gasteiger partial charge is 0.395 e. The van der Waals surface area contributed by atoms with Gasteiger partial charge in [0, 0.05) is 13.1 Å². The second-order valence-corrected chi connectivity index (χ2v) is 3.66. The van der Waals surface area contributed by atoms with Crippen LogP contribution in [0.3, 0.4) is 0 Å². The molecular weight excluding hydrogens is 204 g/mol. The van der Waals surface area contributed by atoms with Crippen LogP contribution in [0, 0.1) is 16.7 Å². The van der Waals surface area contributed by atoms with Crippen LogP contribution in [0.4, 0.5) is 0 Å². The first-order valence-electron chi connectivity index (χ1n) is 5.54. The van der Waals surface area contributed by atoms with E-state index in [0.29, 0.717) is 19.4 Å². The molecule has 0 aliphatic heterocycles. The van der Waals surface area contributed by atoms with Crippen LogP contribution in [0.2, 0.25) is 0 Å².